The number of nitrogens with zero attached hydrogens (tertiary/aromatic N) is 1. The van der Waals surface area contributed by atoms with Crippen LogP contribution in [-0.4, -0.2) is 54.7 Å². The summed E-state index contributed by atoms with van der Waals surface area (Å²) < 4.78 is 4.36. The number of rotatable bonds is 4. The summed E-state index contributed by atoms with van der Waals surface area (Å²) in [5.41, 5.74) is 0. The van der Waals surface area contributed by atoms with Gasteiger partial charge in [-0.15, -0.1) is 0 Å². The third-order valence-electron chi connectivity index (χ3n) is 1.61. The van der Waals surface area contributed by atoms with E-state index in [1.165, 1.54) is 21.1 Å². The number of carboxylic acids is 1. The van der Waals surface area contributed by atoms with E-state index in [-0.39, 0.29) is 6.54 Å². The predicted molar refractivity (Wildman–Crippen MR) is 50.3 cm³/mol. The van der Waals surface area contributed by atoms with Gasteiger partial charge in [0, 0.05) is 7.05 Å². The first-order valence-electron chi connectivity index (χ1n) is 4.19. The van der Waals surface area contributed by atoms with E-state index < -0.39 is 24.0 Å². The number of ether oxygens (including phenoxy) is 1. The van der Waals surface area contributed by atoms with Crippen LogP contribution >= 0.6 is 0 Å². The van der Waals surface area contributed by atoms with Crippen LogP contribution in [0.5, 0.6) is 0 Å². The first kappa shape index (κ1) is 13.2. The van der Waals surface area contributed by atoms with Crippen molar-refractivity contribution < 1.29 is 24.2 Å². The average molecular weight is 218 g/mol. The first-order valence-corrected chi connectivity index (χ1v) is 4.19. The Hall–Kier alpha value is -1.79. The van der Waals surface area contributed by atoms with Crippen molar-refractivity contribution in [1.82, 2.24) is 10.2 Å². The van der Waals surface area contributed by atoms with E-state index in [2.05, 4.69) is 10.1 Å². The van der Waals surface area contributed by atoms with Crippen molar-refractivity contribution in [2.24, 2.45) is 0 Å². The summed E-state index contributed by atoms with van der Waals surface area (Å²) in [5.74, 6) is -1.69. The maximum Gasteiger partial charge on any atom is 0.409 e. The molecule has 0 bridgehead atoms. The lowest BCUT2D eigenvalue weighted by molar-refractivity contribution is -0.141. The van der Waals surface area contributed by atoms with E-state index in [9.17, 15) is 14.4 Å². The first-order chi connectivity index (χ1) is 6.88. The van der Waals surface area contributed by atoms with Gasteiger partial charge in [0.1, 0.15) is 12.6 Å². The number of likely N-dealkylation sites (N-methyl/N-ethyl adjacent to an activating group) is 1. The molecule has 0 aromatic heterocycles. The van der Waals surface area contributed by atoms with Gasteiger partial charge in [-0.3, -0.25) is 9.59 Å². The van der Waals surface area contributed by atoms with Gasteiger partial charge in [-0.1, -0.05) is 0 Å². The highest BCUT2D eigenvalue weighted by atomic mass is 16.5. The van der Waals surface area contributed by atoms with Gasteiger partial charge in [0.15, 0.2) is 0 Å². The largest absolute Gasteiger partial charge is 0.480 e. The van der Waals surface area contributed by atoms with Gasteiger partial charge in [0.05, 0.1) is 7.11 Å². The highest BCUT2D eigenvalue weighted by molar-refractivity contribution is 5.86. The smallest absolute Gasteiger partial charge is 0.409 e. The average Bonchev–Trinajstić information content (AvgIpc) is 2.15. The zero-order valence-electron chi connectivity index (χ0n) is 8.81. The van der Waals surface area contributed by atoms with Gasteiger partial charge in [0.25, 0.3) is 0 Å². The summed E-state index contributed by atoms with van der Waals surface area (Å²) in [5, 5.41) is 10.7. The Kier molecular flexibility index (Phi) is 5.14. The standard InChI is InChI=1S/C8H14N2O5/c1-5(7(12)13)9-6(11)4-10(2)8(14)15-3/h5H,4H2,1-3H3,(H,9,11)(H,12,13). The molecule has 0 aliphatic rings. The molecule has 7 nitrogen and oxygen atoms in total. The maximum absolute atomic E-state index is 11.2. The fourth-order valence-electron chi connectivity index (χ4n) is 0.785. The second kappa shape index (κ2) is 5.84. The molecule has 2 amide bonds. The summed E-state index contributed by atoms with van der Waals surface area (Å²) in [6.45, 7) is 1.09. The highest BCUT2D eigenvalue weighted by Crippen LogP contribution is 1.89. The van der Waals surface area contributed by atoms with Gasteiger partial charge >= 0.3 is 12.1 Å². The SMILES string of the molecule is COC(=O)N(C)CC(=O)NC(C)C(=O)O. The summed E-state index contributed by atoms with van der Waals surface area (Å²) >= 11 is 0. The van der Waals surface area contributed by atoms with Crippen molar-refractivity contribution in [3.8, 4) is 0 Å². The van der Waals surface area contributed by atoms with Crippen LogP contribution in [0.2, 0.25) is 0 Å². The number of hydrogen-bond donors (Lipinski definition) is 2. The molecule has 0 aliphatic heterocycles. The molecule has 0 saturated carbocycles. The molecule has 0 fully saturated rings. The number of hydrogen-bond acceptors (Lipinski definition) is 4. The van der Waals surface area contributed by atoms with E-state index in [1.807, 2.05) is 0 Å². The lowest BCUT2D eigenvalue weighted by Gasteiger charge is -2.16. The lowest BCUT2D eigenvalue weighted by Crippen LogP contribution is -2.44. The van der Waals surface area contributed by atoms with E-state index >= 15 is 0 Å². The van der Waals surface area contributed by atoms with Crippen LogP contribution in [0, 0.1) is 0 Å². The topological polar surface area (TPSA) is 95.9 Å². The molecule has 0 heterocycles. The van der Waals surface area contributed by atoms with Gasteiger partial charge in [-0.25, -0.2) is 4.79 Å². The molecule has 0 aliphatic carbocycles. The molecular formula is C8H14N2O5. The molecule has 0 spiro atoms. The van der Waals surface area contributed by atoms with Crippen LogP contribution in [-0.2, 0) is 14.3 Å². The van der Waals surface area contributed by atoms with Gasteiger partial charge in [0.2, 0.25) is 5.91 Å². The van der Waals surface area contributed by atoms with Crippen LogP contribution in [0.3, 0.4) is 0 Å². The molecule has 1 unspecified atom stereocenters. The van der Waals surface area contributed by atoms with Crippen molar-refractivity contribution in [3.63, 3.8) is 0 Å². The number of nitrogens with one attached hydrogen (secondary N) is 1. The molecule has 0 radical (unpaired) electrons. The van der Waals surface area contributed by atoms with E-state index in [1.54, 1.807) is 0 Å². The third-order valence-corrected chi connectivity index (χ3v) is 1.61. The zero-order valence-corrected chi connectivity index (χ0v) is 8.81. The molecule has 15 heavy (non-hydrogen) atoms. The van der Waals surface area contributed by atoms with E-state index in [0.29, 0.717) is 0 Å². The number of carbonyl (C=O) groups excluding carboxylic acids is 2. The second-order valence-electron chi connectivity index (χ2n) is 2.95. The van der Waals surface area contributed by atoms with Crippen LogP contribution in [0.15, 0.2) is 0 Å². The molecular weight excluding hydrogens is 204 g/mol. The van der Waals surface area contributed by atoms with Gasteiger partial charge in [-0.2, -0.15) is 0 Å². The lowest BCUT2D eigenvalue weighted by atomic mass is 10.3. The van der Waals surface area contributed by atoms with Crippen LogP contribution in [0.25, 0.3) is 0 Å². The molecule has 1 atom stereocenters. The monoisotopic (exact) mass is 218 g/mol. The molecule has 0 aromatic rings. The molecule has 0 rings (SSSR count). The van der Waals surface area contributed by atoms with Gasteiger partial charge < -0.3 is 20.1 Å². The molecule has 86 valence electrons. The number of methoxy groups -OCH3 is 1. The van der Waals surface area contributed by atoms with E-state index in [4.69, 9.17) is 5.11 Å². The Balaban J connectivity index is 4.04. The third kappa shape index (κ3) is 4.84. The second-order valence-corrected chi connectivity index (χ2v) is 2.95. The van der Waals surface area contributed by atoms with Crippen molar-refractivity contribution >= 4 is 18.0 Å². The van der Waals surface area contributed by atoms with Crippen LogP contribution in [0.1, 0.15) is 6.92 Å². The highest BCUT2D eigenvalue weighted by Gasteiger charge is 2.17. The number of amides is 2. The van der Waals surface area contributed by atoms with Crippen LogP contribution in [0.4, 0.5) is 4.79 Å². The number of carbonyl (C=O) groups is 3. The van der Waals surface area contributed by atoms with Crippen molar-refractivity contribution in [1.29, 1.82) is 0 Å². The number of carboxylic acid groups (broad SMARTS) is 1. The Morgan fingerprint density at radius 1 is 1.47 bits per heavy atom. The van der Waals surface area contributed by atoms with Crippen LogP contribution < -0.4 is 5.32 Å². The zero-order chi connectivity index (χ0) is 12.0. The summed E-state index contributed by atoms with van der Waals surface area (Å²) in [7, 11) is 2.56. The molecule has 2 N–H and O–H groups in total. The minimum Gasteiger partial charge on any atom is -0.480 e. The summed E-state index contributed by atoms with van der Waals surface area (Å²) in [6, 6.07) is -0.983. The fourth-order valence-corrected chi connectivity index (χ4v) is 0.785. The predicted octanol–water partition coefficient (Wildman–Crippen LogP) is -0.726. The Morgan fingerprint density at radius 3 is 2.40 bits per heavy atom. The van der Waals surface area contributed by atoms with Crippen molar-refractivity contribution in [2.75, 3.05) is 20.7 Å². The Labute approximate surface area is 87.0 Å². The maximum atomic E-state index is 11.2. The quantitative estimate of drug-likeness (QED) is 0.648. The Bertz CT molecular complexity index is 266. The minimum absolute atomic E-state index is 0.246. The van der Waals surface area contributed by atoms with Gasteiger partial charge in [-0.05, 0) is 6.92 Å². The van der Waals surface area contributed by atoms with Crippen molar-refractivity contribution in [2.45, 2.75) is 13.0 Å². The summed E-state index contributed by atoms with van der Waals surface area (Å²) in [6.07, 6.45) is -0.659. The number of aliphatic carboxylic acids is 1. The van der Waals surface area contributed by atoms with E-state index in [0.717, 1.165) is 4.90 Å². The molecule has 7 heteroatoms. The summed E-state index contributed by atoms with van der Waals surface area (Å²) in [4.78, 5) is 33.5. The molecule has 0 aromatic carbocycles. The van der Waals surface area contributed by atoms with Crippen molar-refractivity contribution in [3.05, 3.63) is 0 Å². The minimum atomic E-state index is -1.14. The normalized spacial score (nSPS) is 11.4. The fraction of sp³-hybridized carbons (Fsp3) is 0.625. The Morgan fingerprint density at radius 2 is 2.00 bits per heavy atom. The molecule has 0 saturated heterocycles.